The maximum absolute atomic E-state index is 4.42. The Morgan fingerprint density at radius 3 is 2.19 bits per heavy atom. The number of hydrogen-bond acceptors (Lipinski definition) is 2. The van der Waals surface area contributed by atoms with Crippen molar-refractivity contribution in [1.82, 2.24) is 9.97 Å². The number of pyridine rings is 2. The predicted molar refractivity (Wildman–Crippen MR) is 65.2 cm³/mol. The topological polar surface area (TPSA) is 25.8 Å². The molecular formula is C14H16N2. The van der Waals surface area contributed by atoms with Gasteiger partial charge in [0.25, 0.3) is 0 Å². The average Bonchev–Trinajstić information content (AvgIpc) is 2.31. The van der Waals surface area contributed by atoms with E-state index in [0.717, 1.165) is 17.8 Å². The van der Waals surface area contributed by atoms with Crippen molar-refractivity contribution in [2.45, 2.75) is 25.7 Å². The van der Waals surface area contributed by atoms with Crippen molar-refractivity contribution in [3.05, 3.63) is 60.2 Å². The first-order valence-electron chi connectivity index (χ1n) is 5.50. The van der Waals surface area contributed by atoms with Crippen molar-refractivity contribution in [3.63, 3.8) is 0 Å². The minimum atomic E-state index is 0.0234. The van der Waals surface area contributed by atoms with Gasteiger partial charge in [0.1, 0.15) is 0 Å². The van der Waals surface area contributed by atoms with E-state index < -0.39 is 0 Å². The van der Waals surface area contributed by atoms with Crippen LogP contribution >= 0.6 is 0 Å². The zero-order valence-corrected chi connectivity index (χ0v) is 9.72. The lowest BCUT2D eigenvalue weighted by atomic mass is 9.84. The number of aromatic nitrogens is 2. The van der Waals surface area contributed by atoms with Crippen LogP contribution in [0.2, 0.25) is 0 Å². The fourth-order valence-electron chi connectivity index (χ4n) is 1.81. The Morgan fingerprint density at radius 1 is 0.938 bits per heavy atom. The molecule has 0 unspecified atom stereocenters. The van der Waals surface area contributed by atoms with E-state index in [4.69, 9.17) is 0 Å². The van der Waals surface area contributed by atoms with Gasteiger partial charge in [-0.05, 0) is 24.3 Å². The van der Waals surface area contributed by atoms with Gasteiger partial charge in [0.15, 0.2) is 0 Å². The van der Waals surface area contributed by atoms with Crippen LogP contribution in [0.25, 0.3) is 0 Å². The second-order valence-corrected chi connectivity index (χ2v) is 4.60. The Kier molecular flexibility index (Phi) is 3.00. The summed E-state index contributed by atoms with van der Waals surface area (Å²) in [6.07, 6.45) is 4.59. The molecule has 0 aliphatic rings. The van der Waals surface area contributed by atoms with Gasteiger partial charge in [-0.15, -0.1) is 0 Å². The van der Waals surface area contributed by atoms with Crippen LogP contribution in [-0.2, 0) is 11.8 Å². The van der Waals surface area contributed by atoms with Crippen molar-refractivity contribution in [2.75, 3.05) is 0 Å². The molecule has 0 aliphatic heterocycles. The standard InChI is InChI=1S/C14H16N2/c1-14(2,13-8-4-6-10-16-13)11-12-7-3-5-9-15-12/h3-10H,11H2,1-2H3. The molecule has 16 heavy (non-hydrogen) atoms. The largest absolute Gasteiger partial charge is 0.261 e. The summed E-state index contributed by atoms with van der Waals surface area (Å²) in [5.74, 6) is 0. The summed E-state index contributed by atoms with van der Waals surface area (Å²) in [5, 5.41) is 0. The quantitative estimate of drug-likeness (QED) is 0.781. The molecule has 2 aromatic heterocycles. The SMILES string of the molecule is CC(C)(Cc1ccccn1)c1ccccn1. The van der Waals surface area contributed by atoms with Crippen LogP contribution in [0.4, 0.5) is 0 Å². The smallest absolute Gasteiger partial charge is 0.0463 e. The van der Waals surface area contributed by atoms with Gasteiger partial charge in [0.2, 0.25) is 0 Å². The predicted octanol–water partition coefficient (Wildman–Crippen LogP) is 3.00. The molecule has 0 fully saturated rings. The third-order valence-electron chi connectivity index (χ3n) is 2.71. The van der Waals surface area contributed by atoms with Gasteiger partial charge < -0.3 is 0 Å². The molecule has 0 radical (unpaired) electrons. The number of hydrogen-bond donors (Lipinski definition) is 0. The minimum Gasteiger partial charge on any atom is -0.261 e. The lowest BCUT2D eigenvalue weighted by Gasteiger charge is -2.23. The Balaban J connectivity index is 2.21. The maximum Gasteiger partial charge on any atom is 0.0463 e. The highest BCUT2D eigenvalue weighted by molar-refractivity contribution is 5.18. The third-order valence-corrected chi connectivity index (χ3v) is 2.71. The van der Waals surface area contributed by atoms with E-state index >= 15 is 0 Å². The summed E-state index contributed by atoms with van der Waals surface area (Å²) in [6.45, 7) is 4.40. The molecule has 0 aromatic carbocycles. The van der Waals surface area contributed by atoms with Crippen molar-refractivity contribution in [3.8, 4) is 0 Å². The minimum absolute atomic E-state index is 0.0234. The van der Waals surface area contributed by atoms with Gasteiger partial charge in [-0.1, -0.05) is 26.0 Å². The highest BCUT2D eigenvalue weighted by Gasteiger charge is 2.22. The zero-order valence-electron chi connectivity index (χ0n) is 9.72. The maximum atomic E-state index is 4.42. The van der Waals surface area contributed by atoms with E-state index in [9.17, 15) is 0 Å². The summed E-state index contributed by atoms with van der Waals surface area (Å²) in [5.41, 5.74) is 2.24. The lowest BCUT2D eigenvalue weighted by Crippen LogP contribution is -2.22. The Labute approximate surface area is 96.4 Å². The van der Waals surface area contributed by atoms with Crippen LogP contribution in [0.5, 0.6) is 0 Å². The Hall–Kier alpha value is -1.70. The van der Waals surface area contributed by atoms with Gasteiger partial charge >= 0.3 is 0 Å². The molecular weight excluding hydrogens is 196 g/mol. The number of rotatable bonds is 3. The van der Waals surface area contributed by atoms with Crippen LogP contribution in [0, 0.1) is 0 Å². The molecule has 2 rings (SSSR count). The lowest BCUT2D eigenvalue weighted by molar-refractivity contribution is 0.499. The van der Waals surface area contributed by atoms with Gasteiger partial charge in [-0.3, -0.25) is 9.97 Å². The first-order chi connectivity index (χ1) is 7.68. The van der Waals surface area contributed by atoms with Crippen LogP contribution in [0.3, 0.4) is 0 Å². The molecule has 0 amide bonds. The zero-order chi connectivity index (χ0) is 11.4. The average molecular weight is 212 g/mol. The molecule has 0 bridgehead atoms. The first-order valence-corrected chi connectivity index (χ1v) is 5.50. The second-order valence-electron chi connectivity index (χ2n) is 4.60. The summed E-state index contributed by atoms with van der Waals surface area (Å²) in [4.78, 5) is 8.78. The van der Waals surface area contributed by atoms with E-state index in [2.05, 4.69) is 35.9 Å². The molecule has 0 saturated heterocycles. The van der Waals surface area contributed by atoms with Crippen molar-refractivity contribution < 1.29 is 0 Å². The molecule has 0 N–H and O–H groups in total. The molecule has 0 atom stereocenters. The third kappa shape index (κ3) is 2.45. The van der Waals surface area contributed by atoms with Gasteiger partial charge in [0, 0.05) is 35.6 Å². The van der Waals surface area contributed by atoms with E-state index in [1.54, 1.807) is 0 Å². The summed E-state index contributed by atoms with van der Waals surface area (Å²) in [7, 11) is 0. The highest BCUT2D eigenvalue weighted by atomic mass is 14.7. The molecule has 0 spiro atoms. The molecule has 82 valence electrons. The summed E-state index contributed by atoms with van der Waals surface area (Å²) in [6, 6.07) is 12.1. The molecule has 2 heterocycles. The highest BCUT2D eigenvalue weighted by Crippen LogP contribution is 2.24. The van der Waals surface area contributed by atoms with Gasteiger partial charge in [-0.2, -0.15) is 0 Å². The molecule has 2 nitrogen and oxygen atoms in total. The Morgan fingerprint density at radius 2 is 1.62 bits per heavy atom. The normalized spacial score (nSPS) is 11.4. The monoisotopic (exact) mass is 212 g/mol. The van der Waals surface area contributed by atoms with Gasteiger partial charge in [0.05, 0.1) is 0 Å². The Bertz CT molecular complexity index is 435. The van der Waals surface area contributed by atoms with Crippen molar-refractivity contribution in [2.24, 2.45) is 0 Å². The van der Waals surface area contributed by atoms with Crippen LogP contribution in [-0.4, -0.2) is 9.97 Å². The second kappa shape index (κ2) is 4.44. The van der Waals surface area contributed by atoms with Crippen molar-refractivity contribution in [1.29, 1.82) is 0 Å². The summed E-state index contributed by atoms with van der Waals surface area (Å²) < 4.78 is 0. The van der Waals surface area contributed by atoms with Crippen LogP contribution in [0.1, 0.15) is 25.2 Å². The fraction of sp³-hybridized carbons (Fsp3) is 0.286. The molecule has 0 aliphatic carbocycles. The van der Waals surface area contributed by atoms with Crippen molar-refractivity contribution >= 4 is 0 Å². The molecule has 2 aromatic rings. The van der Waals surface area contributed by atoms with E-state index in [1.807, 2.05) is 36.7 Å². The van der Waals surface area contributed by atoms with Crippen LogP contribution < -0.4 is 0 Å². The van der Waals surface area contributed by atoms with E-state index in [-0.39, 0.29) is 5.41 Å². The molecule has 0 saturated carbocycles. The van der Waals surface area contributed by atoms with Crippen LogP contribution in [0.15, 0.2) is 48.8 Å². The molecule has 2 heteroatoms. The fourth-order valence-corrected chi connectivity index (χ4v) is 1.81. The number of nitrogens with zero attached hydrogens (tertiary/aromatic N) is 2. The van der Waals surface area contributed by atoms with E-state index in [0.29, 0.717) is 0 Å². The van der Waals surface area contributed by atoms with E-state index in [1.165, 1.54) is 0 Å². The summed E-state index contributed by atoms with van der Waals surface area (Å²) >= 11 is 0. The first kappa shape index (κ1) is 10.8. The van der Waals surface area contributed by atoms with Gasteiger partial charge in [-0.25, -0.2) is 0 Å².